The van der Waals surface area contributed by atoms with Gasteiger partial charge in [-0.05, 0) is 42.3 Å². The van der Waals surface area contributed by atoms with Crippen molar-refractivity contribution in [3.63, 3.8) is 0 Å². The van der Waals surface area contributed by atoms with E-state index in [4.69, 9.17) is 14.6 Å². The molecule has 0 spiro atoms. The van der Waals surface area contributed by atoms with Crippen molar-refractivity contribution >= 4 is 15.9 Å². The maximum atomic E-state index is 12.3. The maximum absolute atomic E-state index is 12.3. The molecule has 25 heavy (non-hydrogen) atoms. The summed E-state index contributed by atoms with van der Waals surface area (Å²) in [4.78, 5) is 12.2. The van der Waals surface area contributed by atoms with Crippen LogP contribution in [0.15, 0.2) is 47.4 Å². The highest BCUT2D eigenvalue weighted by atomic mass is 32.2. The summed E-state index contributed by atoms with van der Waals surface area (Å²) in [5.74, 6) is 0.600. The van der Waals surface area contributed by atoms with Gasteiger partial charge in [-0.15, -0.1) is 0 Å². The molecule has 2 aromatic carbocycles. The van der Waals surface area contributed by atoms with E-state index in [2.05, 4.69) is 5.32 Å². The summed E-state index contributed by atoms with van der Waals surface area (Å²) in [5, 5.41) is 7.85. The number of carbonyl (C=O) groups is 1. The van der Waals surface area contributed by atoms with Gasteiger partial charge in [0, 0.05) is 6.54 Å². The zero-order valence-corrected chi connectivity index (χ0v) is 14.8. The van der Waals surface area contributed by atoms with Gasteiger partial charge in [-0.2, -0.15) is 0 Å². The number of carbonyl (C=O) groups excluding carboxylic acids is 1. The normalized spacial score (nSPS) is 11.0. The number of nitrogens with two attached hydrogens (primary N) is 1. The molecule has 0 aromatic heterocycles. The number of hydrogen-bond donors (Lipinski definition) is 2. The first kappa shape index (κ1) is 18.8. The molecule has 2 rings (SSSR count). The number of methoxy groups -OCH3 is 2. The molecule has 0 fully saturated rings. The Balaban J connectivity index is 2.06. The van der Waals surface area contributed by atoms with Gasteiger partial charge < -0.3 is 14.8 Å². The number of sulfonamides is 1. The average molecular weight is 364 g/mol. The van der Waals surface area contributed by atoms with Gasteiger partial charge in [0.1, 0.15) is 11.5 Å². The predicted octanol–water partition coefficient (Wildman–Crippen LogP) is 1.32. The van der Waals surface area contributed by atoms with E-state index in [1.165, 1.54) is 25.3 Å². The van der Waals surface area contributed by atoms with E-state index in [9.17, 15) is 13.2 Å². The van der Waals surface area contributed by atoms with Crippen molar-refractivity contribution in [3.05, 3.63) is 53.6 Å². The van der Waals surface area contributed by atoms with Crippen molar-refractivity contribution in [2.24, 2.45) is 5.14 Å². The van der Waals surface area contributed by atoms with Crippen LogP contribution in [0, 0.1) is 0 Å². The molecule has 2 aromatic rings. The van der Waals surface area contributed by atoms with Crippen LogP contribution in [0.25, 0.3) is 0 Å². The van der Waals surface area contributed by atoms with Crippen LogP contribution in [0.4, 0.5) is 0 Å². The zero-order chi connectivity index (χ0) is 18.4. The first-order valence-corrected chi connectivity index (χ1v) is 9.01. The highest BCUT2D eigenvalue weighted by Crippen LogP contribution is 2.22. The van der Waals surface area contributed by atoms with E-state index in [-0.39, 0.29) is 16.2 Å². The Hall–Kier alpha value is -2.58. The first-order chi connectivity index (χ1) is 11.8. The average Bonchev–Trinajstić information content (AvgIpc) is 2.60. The van der Waals surface area contributed by atoms with Crippen LogP contribution in [0.3, 0.4) is 0 Å². The van der Waals surface area contributed by atoms with Crippen LogP contribution in [-0.2, 0) is 16.4 Å². The minimum Gasteiger partial charge on any atom is -0.497 e. The maximum Gasteiger partial charge on any atom is 0.255 e. The molecule has 0 bridgehead atoms. The van der Waals surface area contributed by atoms with E-state index in [1.54, 1.807) is 7.11 Å². The van der Waals surface area contributed by atoms with Crippen LogP contribution in [0.1, 0.15) is 15.9 Å². The molecule has 3 N–H and O–H groups in total. The number of amides is 1. The van der Waals surface area contributed by atoms with Crippen LogP contribution in [0.5, 0.6) is 11.5 Å². The summed E-state index contributed by atoms with van der Waals surface area (Å²) in [6, 6.07) is 11.4. The molecule has 0 saturated heterocycles. The number of ether oxygens (including phenoxy) is 2. The fourth-order valence-corrected chi connectivity index (χ4v) is 2.79. The minimum atomic E-state index is -3.90. The van der Waals surface area contributed by atoms with E-state index in [0.717, 1.165) is 11.3 Å². The molecule has 0 heterocycles. The second-order valence-electron chi connectivity index (χ2n) is 5.26. The summed E-state index contributed by atoms with van der Waals surface area (Å²) in [5.41, 5.74) is 1.15. The summed E-state index contributed by atoms with van der Waals surface area (Å²) in [7, 11) is -0.903. The molecule has 0 aliphatic carbocycles. The smallest absolute Gasteiger partial charge is 0.255 e. The Morgan fingerprint density at radius 2 is 1.76 bits per heavy atom. The minimum absolute atomic E-state index is 0.115. The molecule has 0 aliphatic rings. The molecule has 8 heteroatoms. The molecular weight excluding hydrogens is 344 g/mol. The zero-order valence-electron chi connectivity index (χ0n) is 14.0. The summed E-state index contributed by atoms with van der Waals surface area (Å²) >= 11 is 0. The Kier molecular flexibility index (Phi) is 6.00. The monoisotopic (exact) mass is 364 g/mol. The van der Waals surface area contributed by atoms with Gasteiger partial charge in [-0.1, -0.05) is 12.1 Å². The molecule has 0 unspecified atom stereocenters. The quantitative estimate of drug-likeness (QED) is 0.770. The van der Waals surface area contributed by atoms with Gasteiger partial charge in [0.15, 0.2) is 0 Å². The molecule has 0 aliphatic heterocycles. The van der Waals surface area contributed by atoms with Gasteiger partial charge in [-0.3, -0.25) is 4.79 Å². The van der Waals surface area contributed by atoms with Crippen molar-refractivity contribution < 1.29 is 22.7 Å². The van der Waals surface area contributed by atoms with E-state index in [1.807, 2.05) is 24.3 Å². The lowest BCUT2D eigenvalue weighted by molar-refractivity contribution is 0.0951. The number of primary sulfonamides is 1. The standard InChI is InChI=1S/C17H20N2O5S/c1-23-13-5-3-12(4-6-13)9-10-19-17(20)15-11-14(25(18,21)22)7-8-16(15)24-2/h3-8,11H,9-10H2,1-2H3,(H,19,20)(H2,18,21,22). The molecule has 0 radical (unpaired) electrons. The summed E-state index contributed by atoms with van der Waals surface area (Å²) < 4.78 is 33.1. The van der Waals surface area contributed by atoms with Crippen molar-refractivity contribution in [1.29, 1.82) is 0 Å². The number of nitrogens with one attached hydrogen (secondary N) is 1. The second kappa shape index (κ2) is 8.00. The van der Waals surface area contributed by atoms with Gasteiger partial charge >= 0.3 is 0 Å². The predicted molar refractivity (Wildman–Crippen MR) is 93.4 cm³/mol. The summed E-state index contributed by atoms with van der Waals surface area (Å²) in [6.45, 7) is 0.383. The fourth-order valence-electron chi connectivity index (χ4n) is 2.25. The largest absolute Gasteiger partial charge is 0.497 e. The van der Waals surface area contributed by atoms with Crippen LogP contribution >= 0.6 is 0 Å². The molecule has 134 valence electrons. The highest BCUT2D eigenvalue weighted by molar-refractivity contribution is 7.89. The third-order valence-corrected chi connectivity index (χ3v) is 4.51. The molecule has 0 saturated carbocycles. The SMILES string of the molecule is COc1ccc(CCNC(=O)c2cc(S(N)(=O)=O)ccc2OC)cc1. The van der Waals surface area contributed by atoms with Crippen LogP contribution in [0.2, 0.25) is 0 Å². The Labute approximate surface area is 146 Å². The Bertz CT molecular complexity index is 848. The van der Waals surface area contributed by atoms with Crippen molar-refractivity contribution in [3.8, 4) is 11.5 Å². The lowest BCUT2D eigenvalue weighted by Gasteiger charge is -2.11. The highest BCUT2D eigenvalue weighted by Gasteiger charge is 2.17. The molecular formula is C17H20N2O5S. The summed E-state index contributed by atoms with van der Waals surface area (Å²) in [6.07, 6.45) is 0.618. The molecule has 7 nitrogen and oxygen atoms in total. The third-order valence-electron chi connectivity index (χ3n) is 3.60. The van der Waals surface area contributed by atoms with Gasteiger partial charge in [0.2, 0.25) is 10.0 Å². The first-order valence-electron chi connectivity index (χ1n) is 7.47. The van der Waals surface area contributed by atoms with E-state index >= 15 is 0 Å². The van der Waals surface area contributed by atoms with Gasteiger partial charge in [-0.25, -0.2) is 13.6 Å². The van der Waals surface area contributed by atoms with Crippen molar-refractivity contribution in [2.45, 2.75) is 11.3 Å². The van der Waals surface area contributed by atoms with E-state index < -0.39 is 15.9 Å². The topological polar surface area (TPSA) is 108 Å². The number of rotatable bonds is 7. The number of hydrogen-bond acceptors (Lipinski definition) is 5. The fraction of sp³-hybridized carbons (Fsp3) is 0.235. The lowest BCUT2D eigenvalue weighted by Crippen LogP contribution is -2.26. The molecule has 0 atom stereocenters. The van der Waals surface area contributed by atoms with Gasteiger partial charge in [0.05, 0.1) is 24.7 Å². The van der Waals surface area contributed by atoms with Crippen molar-refractivity contribution in [2.75, 3.05) is 20.8 Å². The van der Waals surface area contributed by atoms with E-state index in [0.29, 0.717) is 13.0 Å². The van der Waals surface area contributed by atoms with Crippen LogP contribution in [-0.4, -0.2) is 35.1 Å². The third kappa shape index (κ3) is 4.94. The number of benzene rings is 2. The Morgan fingerprint density at radius 3 is 2.32 bits per heavy atom. The van der Waals surface area contributed by atoms with Crippen LogP contribution < -0.4 is 19.9 Å². The molecule has 1 amide bonds. The lowest BCUT2D eigenvalue weighted by atomic mass is 10.1. The van der Waals surface area contributed by atoms with Crippen molar-refractivity contribution in [1.82, 2.24) is 5.32 Å². The van der Waals surface area contributed by atoms with Gasteiger partial charge in [0.25, 0.3) is 5.91 Å². The second-order valence-corrected chi connectivity index (χ2v) is 6.82. The Morgan fingerprint density at radius 1 is 1.08 bits per heavy atom.